The molecule has 22 heavy (non-hydrogen) atoms. The molecule has 0 fully saturated rings. The van der Waals surface area contributed by atoms with Crippen LogP contribution in [-0.2, 0) is 9.47 Å². The zero-order chi connectivity index (χ0) is 15.4. The third-order valence-corrected chi connectivity index (χ3v) is 3.48. The van der Waals surface area contributed by atoms with Gasteiger partial charge in [0.25, 0.3) is 0 Å². The molecule has 0 unspecified atom stereocenters. The van der Waals surface area contributed by atoms with E-state index in [4.69, 9.17) is 9.47 Å². The van der Waals surface area contributed by atoms with Gasteiger partial charge in [0.1, 0.15) is 5.82 Å². The van der Waals surface area contributed by atoms with Gasteiger partial charge in [0.05, 0.1) is 11.0 Å². The van der Waals surface area contributed by atoms with Crippen molar-refractivity contribution in [3.8, 4) is 11.4 Å². The van der Waals surface area contributed by atoms with Gasteiger partial charge in [-0.25, -0.2) is 4.98 Å². The van der Waals surface area contributed by atoms with Gasteiger partial charge >= 0.3 is 0 Å². The number of nitrogens with one attached hydrogen (secondary N) is 1. The number of hydrogen-bond donors (Lipinski definition) is 1. The molecule has 3 aromatic rings. The van der Waals surface area contributed by atoms with Crippen molar-refractivity contribution >= 4 is 11.0 Å². The zero-order valence-corrected chi connectivity index (χ0v) is 12.9. The first-order chi connectivity index (χ1) is 10.8. The number of rotatable bonds is 6. The Morgan fingerprint density at radius 2 is 1.64 bits per heavy atom. The van der Waals surface area contributed by atoms with Gasteiger partial charge in [-0.1, -0.05) is 36.4 Å². The Balaban J connectivity index is 1.86. The highest BCUT2D eigenvalue weighted by atomic mass is 16.7. The summed E-state index contributed by atoms with van der Waals surface area (Å²) in [6.07, 6.45) is -0.306. The van der Waals surface area contributed by atoms with E-state index in [2.05, 4.69) is 9.97 Å². The van der Waals surface area contributed by atoms with E-state index in [9.17, 15) is 0 Å². The number of benzene rings is 2. The molecule has 4 nitrogen and oxygen atoms in total. The maximum atomic E-state index is 5.62. The molecule has 0 aliphatic rings. The predicted molar refractivity (Wildman–Crippen MR) is 87.5 cm³/mol. The Kier molecular flexibility index (Phi) is 4.51. The maximum absolute atomic E-state index is 5.62. The van der Waals surface area contributed by atoms with Crippen LogP contribution >= 0.6 is 0 Å². The summed E-state index contributed by atoms with van der Waals surface area (Å²) in [5.74, 6) is 0.872. The van der Waals surface area contributed by atoms with Crippen molar-refractivity contribution in [2.45, 2.75) is 20.1 Å². The summed E-state index contributed by atoms with van der Waals surface area (Å²) in [5.41, 5.74) is 4.08. The second-order valence-electron chi connectivity index (χ2n) is 4.97. The van der Waals surface area contributed by atoms with Crippen LogP contribution < -0.4 is 0 Å². The molecule has 0 bridgehead atoms. The highest BCUT2D eigenvalue weighted by Crippen LogP contribution is 2.24. The molecule has 4 heteroatoms. The van der Waals surface area contributed by atoms with Crippen LogP contribution in [0.1, 0.15) is 25.7 Å². The topological polar surface area (TPSA) is 47.1 Å². The summed E-state index contributed by atoms with van der Waals surface area (Å²) in [6.45, 7) is 5.18. The molecule has 0 aliphatic heterocycles. The minimum Gasteiger partial charge on any atom is -0.349 e. The highest BCUT2D eigenvalue weighted by molar-refractivity contribution is 5.79. The van der Waals surface area contributed by atoms with Crippen molar-refractivity contribution in [2.24, 2.45) is 0 Å². The SMILES string of the molecule is CCOC(OCC)c1ccc(-c2nc3ccccc3[nH]2)cc1. The van der Waals surface area contributed by atoms with Crippen LogP contribution in [-0.4, -0.2) is 23.2 Å². The van der Waals surface area contributed by atoms with E-state index in [1.165, 1.54) is 0 Å². The van der Waals surface area contributed by atoms with Crippen LogP contribution in [0.2, 0.25) is 0 Å². The predicted octanol–water partition coefficient (Wildman–Crippen LogP) is 4.30. The Hall–Kier alpha value is -2.17. The summed E-state index contributed by atoms with van der Waals surface area (Å²) < 4.78 is 11.2. The van der Waals surface area contributed by atoms with Gasteiger partial charge in [0.2, 0.25) is 0 Å². The van der Waals surface area contributed by atoms with Crippen molar-refractivity contribution < 1.29 is 9.47 Å². The van der Waals surface area contributed by atoms with Crippen LogP contribution in [0.3, 0.4) is 0 Å². The van der Waals surface area contributed by atoms with Crippen molar-refractivity contribution in [3.05, 3.63) is 54.1 Å². The molecule has 114 valence electrons. The average molecular weight is 296 g/mol. The van der Waals surface area contributed by atoms with E-state index in [1.54, 1.807) is 0 Å². The Morgan fingerprint density at radius 1 is 0.955 bits per heavy atom. The Morgan fingerprint density at radius 3 is 2.27 bits per heavy atom. The van der Waals surface area contributed by atoms with Gasteiger partial charge in [-0.2, -0.15) is 0 Å². The number of para-hydroxylation sites is 2. The first kappa shape index (κ1) is 14.8. The van der Waals surface area contributed by atoms with Crippen LogP contribution in [0.25, 0.3) is 22.4 Å². The van der Waals surface area contributed by atoms with Crippen molar-refractivity contribution in [3.63, 3.8) is 0 Å². The summed E-state index contributed by atoms with van der Waals surface area (Å²) >= 11 is 0. The molecule has 1 aromatic heterocycles. The molecule has 3 rings (SSSR count). The van der Waals surface area contributed by atoms with Crippen LogP contribution in [0.15, 0.2) is 48.5 Å². The van der Waals surface area contributed by atoms with Gasteiger partial charge in [-0.3, -0.25) is 0 Å². The lowest BCUT2D eigenvalue weighted by Gasteiger charge is -2.17. The van der Waals surface area contributed by atoms with E-state index < -0.39 is 0 Å². The van der Waals surface area contributed by atoms with Crippen molar-refractivity contribution in [1.29, 1.82) is 0 Å². The zero-order valence-electron chi connectivity index (χ0n) is 12.9. The average Bonchev–Trinajstić information content (AvgIpc) is 2.99. The largest absolute Gasteiger partial charge is 0.349 e. The van der Waals surface area contributed by atoms with Gasteiger partial charge in [-0.05, 0) is 26.0 Å². The molecule has 0 radical (unpaired) electrons. The Labute approximate surface area is 130 Å². The maximum Gasteiger partial charge on any atom is 0.183 e. The molecule has 0 atom stereocenters. The number of aromatic nitrogens is 2. The molecule has 0 saturated heterocycles. The van der Waals surface area contributed by atoms with Gasteiger partial charge in [0.15, 0.2) is 6.29 Å². The first-order valence-electron chi connectivity index (χ1n) is 7.60. The van der Waals surface area contributed by atoms with Gasteiger partial charge in [0, 0.05) is 24.3 Å². The number of fused-ring (bicyclic) bond motifs is 1. The summed E-state index contributed by atoms with van der Waals surface area (Å²) in [7, 11) is 0. The highest BCUT2D eigenvalue weighted by Gasteiger charge is 2.12. The number of H-pyrrole nitrogens is 1. The standard InChI is InChI=1S/C18H20N2O2/c1-3-21-18(22-4-2)14-11-9-13(10-12-14)17-19-15-7-5-6-8-16(15)20-17/h5-12,18H,3-4H2,1-2H3,(H,19,20). The van der Waals surface area contributed by atoms with Crippen molar-refractivity contribution in [2.75, 3.05) is 13.2 Å². The van der Waals surface area contributed by atoms with Crippen LogP contribution in [0.4, 0.5) is 0 Å². The van der Waals surface area contributed by atoms with E-state index in [0.717, 1.165) is 28.0 Å². The van der Waals surface area contributed by atoms with Crippen molar-refractivity contribution in [1.82, 2.24) is 9.97 Å². The smallest absolute Gasteiger partial charge is 0.183 e. The number of aromatic amines is 1. The lowest BCUT2D eigenvalue weighted by Crippen LogP contribution is -2.08. The van der Waals surface area contributed by atoms with Crippen LogP contribution in [0, 0.1) is 0 Å². The Bertz CT molecular complexity index is 695. The number of nitrogens with zero attached hydrogens (tertiary/aromatic N) is 1. The monoisotopic (exact) mass is 296 g/mol. The normalized spacial score (nSPS) is 11.4. The fourth-order valence-electron chi connectivity index (χ4n) is 2.43. The minimum absolute atomic E-state index is 0.306. The molecule has 2 aromatic carbocycles. The number of hydrogen-bond acceptors (Lipinski definition) is 3. The van der Waals surface area contributed by atoms with Gasteiger partial charge in [-0.15, -0.1) is 0 Å². The minimum atomic E-state index is -0.306. The van der Waals surface area contributed by atoms with E-state index in [1.807, 2.05) is 62.4 Å². The molecule has 0 aliphatic carbocycles. The lowest BCUT2D eigenvalue weighted by molar-refractivity contribution is -0.140. The summed E-state index contributed by atoms with van der Waals surface area (Å²) in [5, 5.41) is 0. The van der Waals surface area contributed by atoms with Crippen LogP contribution in [0.5, 0.6) is 0 Å². The number of ether oxygens (including phenoxy) is 2. The fraction of sp³-hybridized carbons (Fsp3) is 0.278. The molecule has 1 N–H and O–H groups in total. The molecular weight excluding hydrogens is 276 g/mol. The second-order valence-corrected chi connectivity index (χ2v) is 4.97. The summed E-state index contributed by atoms with van der Waals surface area (Å²) in [6, 6.07) is 16.2. The molecule has 0 spiro atoms. The lowest BCUT2D eigenvalue weighted by atomic mass is 10.1. The molecule has 1 heterocycles. The second kappa shape index (κ2) is 6.73. The number of imidazole rings is 1. The quantitative estimate of drug-likeness (QED) is 0.690. The third-order valence-electron chi connectivity index (χ3n) is 3.48. The molecule has 0 amide bonds. The third kappa shape index (κ3) is 3.03. The van der Waals surface area contributed by atoms with E-state index in [0.29, 0.717) is 13.2 Å². The molecule has 0 saturated carbocycles. The van der Waals surface area contributed by atoms with E-state index >= 15 is 0 Å². The fourth-order valence-corrected chi connectivity index (χ4v) is 2.43. The molecular formula is C18H20N2O2. The summed E-state index contributed by atoms with van der Waals surface area (Å²) in [4.78, 5) is 7.95. The van der Waals surface area contributed by atoms with Gasteiger partial charge < -0.3 is 14.5 Å². The van der Waals surface area contributed by atoms with E-state index in [-0.39, 0.29) is 6.29 Å². The first-order valence-corrected chi connectivity index (χ1v) is 7.60.